The van der Waals surface area contributed by atoms with Crippen molar-refractivity contribution in [1.82, 2.24) is 0 Å². The Bertz CT molecular complexity index is 1170. The number of fused-ring (bicyclic) bond motifs is 4. The molecule has 1 fully saturated rings. The minimum Gasteiger partial charge on any atom is -0.457 e. The number of allylic oxidation sites excluding steroid dienone is 2. The predicted octanol–water partition coefficient (Wildman–Crippen LogP) is 7.03. The first-order chi connectivity index (χ1) is 15.2. The Kier molecular flexibility index (Phi) is 5.03. The minimum atomic E-state index is -0.0286. The van der Waals surface area contributed by atoms with Gasteiger partial charge in [0.15, 0.2) is 0 Å². The molecule has 1 saturated carbocycles. The molecule has 0 radical (unpaired) electrons. The van der Waals surface area contributed by atoms with Gasteiger partial charge < -0.3 is 15.6 Å². The Labute approximate surface area is 183 Å². The molecular weight excluding hydrogens is 380 g/mol. The maximum absolute atomic E-state index is 8.63. The summed E-state index contributed by atoms with van der Waals surface area (Å²) in [6.45, 7) is 0. The average molecular weight is 407 g/mol. The topological polar surface area (TPSA) is 56.9 Å². The Morgan fingerprint density at radius 3 is 2.10 bits per heavy atom. The summed E-state index contributed by atoms with van der Waals surface area (Å²) in [5.41, 5.74) is 5.00. The monoisotopic (exact) mass is 406 g/mol. The SMILES string of the molecule is N=C(/C=C\C(=N)c1ccc2c(c1)C1(CCCCC1)c1ccccc1O2)c1ccccc1. The molecule has 5 rings (SSSR count). The molecule has 2 aliphatic rings. The third-order valence-electron chi connectivity index (χ3n) is 6.64. The highest BCUT2D eigenvalue weighted by molar-refractivity contribution is 6.13. The maximum atomic E-state index is 8.63. The summed E-state index contributed by atoms with van der Waals surface area (Å²) in [5, 5.41) is 16.9. The molecule has 3 aromatic rings. The molecule has 3 nitrogen and oxygen atoms in total. The van der Waals surface area contributed by atoms with Gasteiger partial charge in [0, 0.05) is 16.5 Å². The normalized spacial score (nSPS) is 16.4. The second kappa shape index (κ2) is 7.99. The van der Waals surface area contributed by atoms with Crippen molar-refractivity contribution in [1.29, 1.82) is 10.8 Å². The van der Waals surface area contributed by atoms with Crippen LogP contribution in [0.25, 0.3) is 0 Å². The predicted molar refractivity (Wildman–Crippen MR) is 126 cm³/mol. The smallest absolute Gasteiger partial charge is 0.131 e. The number of hydrogen-bond donors (Lipinski definition) is 2. The average Bonchev–Trinajstić information content (AvgIpc) is 2.83. The van der Waals surface area contributed by atoms with Gasteiger partial charge in [-0.25, -0.2) is 0 Å². The molecule has 1 aliphatic heterocycles. The summed E-state index contributed by atoms with van der Waals surface area (Å²) in [5.74, 6) is 1.88. The Morgan fingerprint density at radius 1 is 0.677 bits per heavy atom. The van der Waals surface area contributed by atoms with Crippen LogP contribution in [0.1, 0.15) is 54.4 Å². The van der Waals surface area contributed by atoms with E-state index >= 15 is 0 Å². The summed E-state index contributed by atoms with van der Waals surface area (Å²) in [6.07, 6.45) is 9.37. The lowest BCUT2D eigenvalue weighted by Crippen LogP contribution is -2.33. The number of ether oxygens (including phenoxy) is 1. The van der Waals surface area contributed by atoms with Gasteiger partial charge in [0.1, 0.15) is 11.5 Å². The molecule has 3 aromatic carbocycles. The van der Waals surface area contributed by atoms with Gasteiger partial charge in [-0.05, 0) is 60.4 Å². The zero-order chi connectivity index (χ0) is 21.3. The van der Waals surface area contributed by atoms with Crippen LogP contribution in [0.5, 0.6) is 11.5 Å². The summed E-state index contributed by atoms with van der Waals surface area (Å²) >= 11 is 0. The van der Waals surface area contributed by atoms with Crippen molar-refractivity contribution in [2.45, 2.75) is 37.5 Å². The third-order valence-corrected chi connectivity index (χ3v) is 6.64. The highest BCUT2D eigenvalue weighted by Crippen LogP contribution is 2.54. The van der Waals surface area contributed by atoms with E-state index in [4.69, 9.17) is 15.6 Å². The van der Waals surface area contributed by atoms with Crippen molar-refractivity contribution in [2.24, 2.45) is 0 Å². The zero-order valence-electron chi connectivity index (χ0n) is 17.5. The lowest BCUT2D eigenvalue weighted by molar-refractivity contribution is 0.306. The van der Waals surface area contributed by atoms with Gasteiger partial charge in [0.25, 0.3) is 0 Å². The van der Waals surface area contributed by atoms with Gasteiger partial charge in [-0.2, -0.15) is 0 Å². The lowest BCUT2D eigenvalue weighted by Gasteiger charge is -2.43. The quantitative estimate of drug-likeness (QED) is 0.449. The van der Waals surface area contributed by atoms with Crippen LogP contribution in [0.2, 0.25) is 0 Å². The largest absolute Gasteiger partial charge is 0.457 e. The van der Waals surface area contributed by atoms with E-state index in [2.05, 4.69) is 24.3 Å². The van der Waals surface area contributed by atoms with Gasteiger partial charge in [0.2, 0.25) is 0 Å². The fourth-order valence-electron chi connectivity index (χ4n) is 5.05. The van der Waals surface area contributed by atoms with Crippen LogP contribution in [0, 0.1) is 10.8 Å². The highest BCUT2D eigenvalue weighted by Gasteiger charge is 2.42. The number of benzene rings is 3. The first kappa shape index (κ1) is 19.5. The molecule has 0 aromatic heterocycles. The minimum absolute atomic E-state index is 0.0286. The summed E-state index contributed by atoms with van der Waals surface area (Å²) in [7, 11) is 0. The van der Waals surface area contributed by atoms with E-state index in [1.54, 1.807) is 12.2 Å². The van der Waals surface area contributed by atoms with Crippen molar-refractivity contribution in [3.63, 3.8) is 0 Å². The van der Waals surface area contributed by atoms with Crippen LogP contribution in [-0.4, -0.2) is 11.4 Å². The van der Waals surface area contributed by atoms with Crippen LogP contribution >= 0.6 is 0 Å². The van der Waals surface area contributed by atoms with Crippen LogP contribution in [0.3, 0.4) is 0 Å². The third kappa shape index (κ3) is 3.50. The molecule has 0 saturated heterocycles. The maximum Gasteiger partial charge on any atom is 0.131 e. The highest BCUT2D eigenvalue weighted by atomic mass is 16.5. The first-order valence-corrected chi connectivity index (χ1v) is 11.0. The molecule has 1 spiro atoms. The molecule has 154 valence electrons. The van der Waals surface area contributed by atoms with E-state index in [-0.39, 0.29) is 5.41 Å². The van der Waals surface area contributed by atoms with Gasteiger partial charge in [0.05, 0.1) is 11.4 Å². The van der Waals surface area contributed by atoms with Crippen LogP contribution in [0.4, 0.5) is 0 Å². The standard InChI is InChI=1S/C28H26N2O/c29-24(20-9-3-1-4-10-20)14-15-25(30)21-13-16-27-23(19-21)28(17-7-2-8-18-28)22-11-5-6-12-26(22)31-27/h1,3-6,9-16,19,29-30H,2,7-8,17-18H2/b15-14-,29-24?,30-25?. The molecule has 0 unspecified atom stereocenters. The van der Waals surface area contributed by atoms with Crippen molar-refractivity contribution in [3.8, 4) is 11.5 Å². The van der Waals surface area contributed by atoms with Crippen LogP contribution in [-0.2, 0) is 5.41 Å². The van der Waals surface area contributed by atoms with Gasteiger partial charge in [-0.1, -0.05) is 67.8 Å². The molecule has 1 aliphatic carbocycles. The van der Waals surface area contributed by atoms with E-state index in [0.29, 0.717) is 11.4 Å². The van der Waals surface area contributed by atoms with Crippen LogP contribution < -0.4 is 4.74 Å². The van der Waals surface area contributed by atoms with E-state index in [0.717, 1.165) is 35.5 Å². The number of para-hydroxylation sites is 1. The summed E-state index contributed by atoms with van der Waals surface area (Å²) in [6, 6.07) is 24.2. The van der Waals surface area contributed by atoms with Gasteiger partial charge in [-0.3, -0.25) is 0 Å². The van der Waals surface area contributed by atoms with Gasteiger partial charge >= 0.3 is 0 Å². The second-order valence-electron chi connectivity index (χ2n) is 8.48. The Hall–Kier alpha value is -3.46. The van der Waals surface area contributed by atoms with E-state index in [9.17, 15) is 0 Å². The molecule has 1 heterocycles. The van der Waals surface area contributed by atoms with E-state index in [1.165, 1.54) is 30.4 Å². The first-order valence-electron chi connectivity index (χ1n) is 11.0. The lowest BCUT2D eigenvalue weighted by atomic mass is 9.63. The van der Waals surface area contributed by atoms with Crippen molar-refractivity contribution >= 4 is 11.4 Å². The molecule has 0 amide bonds. The van der Waals surface area contributed by atoms with Crippen molar-refractivity contribution in [3.05, 3.63) is 107 Å². The molecular formula is C28H26N2O. The Morgan fingerprint density at radius 2 is 1.32 bits per heavy atom. The molecule has 3 heteroatoms. The zero-order valence-corrected chi connectivity index (χ0v) is 17.5. The molecule has 31 heavy (non-hydrogen) atoms. The van der Waals surface area contributed by atoms with Crippen molar-refractivity contribution < 1.29 is 4.74 Å². The van der Waals surface area contributed by atoms with E-state index < -0.39 is 0 Å². The number of hydrogen-bond acceptors (Lipinski definition) is 3. The van der Waals surface area contributed by atoms with Gasteiger partial charge in [-0.15, -0.1) is 0 Å². The molecule has 0 bridgehead atoms. The fraction of sp³-hybridized carbons (Fsp3) is 0.214. The van der Waals surface area contributed by atoms with E-state index in [1.807, 2.05) is 48.5 Å². The fourth-order valence-corrected chi connectivity index (χ4v) is 5.05. The van der Waals surface area contributed by atoms with Crippen molar-refractivity contribution in [2.75, 3.05) is 0 Å². The Balaban J connectivity index is 1.49. The number of rotatable bonds is 4. The number of nitrogens with one attached hydrogen (secondary N) is 2. The molecule has 2 N–H and O–H groups in total. The molecule has 0 atom stereocenters. The second-order valence-corrected chi connectivity index (χ2v) is 8.48. The summed E-state index contributed by atoms with van der Waals surface area (Å²) < 4.78 is 6.27. The summed E-state index contributed by atoms with van der Waals surface area (Å²) in [4.78, 5) is 0. The van der Waals surface area contributed by atoms with Crippen LogP contribution in [0.15, 0.2) is 84.9 Å².